The van der Waals surface area contributed by atoms with Crippen LogP contribution in [0, 0.1) is 5.41 Å². The summed E-state index contributed by atoms with van der Waals surface area (Å²) in [6, 6.07) is 7.73. The first-order chi connectivity index (χ1) is 12.9. The van der Waals surface area contributed by atoms with Crippen molar-refractivity contribution in [1.82, 2.24) is 0 Å². The Bertz CT molecular complexity index is 602. The highest BCUT2D eigenvalue weighted by Crippen LogP contribution is 2.22. The monoisotopic (exact) mass is 376 g/mol. The van der Waals surface area contributed by atoms with Crippen LogP contribution in [0.15, 0.2) is 30.3 Å². The van der Waals surface area contributed by atoms with E-state index in [9.17, 15) is 9.59 Å². The van der Waals surface area contributed by atoms with Gasteiger partial charge in [0.2, 0.25) is 0 Å². The lowest BCUT2D eigenvalue weighted by molar-refractivity contribution is -0.150. The third kappa shape index (κ3) is 9.27. The van der Waals surface area contributed by atoms with Crippen LogP contribution in [0.5, 0.6) is 5.75 Å². The Labute approximate surface area is 162 Å². The maximum atomic E-state index is 11.9. The van der Waals surface area contributed by atoms with Crippen molar-refractivity contribution in [2.45, 2.75) is 53.4 Å². The highest BCUT2D eigenvalue weighted by atomic mass is 16.5. The fourth-order valence-electron chi connectivity index (χ4n) is 2.34. The quantitative estimate of drug-likeness (QED) is 0.388. The Kier molecular flexibility index (Phi) is 10.2. The van der Waals surface area contributed by atoms with E-state index >= 15 is 0 Å². The Hall–Kier alpha value is -2.30. The van der Waals surface area contributed by atoms with Gasteiger partial charge in [-0.2, -0.15) is 0 Å². The average molecular weight is 376 g/mol. The average Bonchev–Trinajstić information content (AvgIpc) is 2.64. The first-order valence-electron chi connectivity index (χ1n) is 9.64. The summed E-state index contributed by atoms with van der Waals surface area (Å²) in [4.78, 5) is 23.1. The van der Waals surface area contributed by atoms with E-state index < -0.39 is 5.41 Å². The number of hydrogen-bond donors (Lipinski definition) is 0. The van der Waals surface area contributed by atoms with E-state index in [-0.39, 0.29) is 11.9 Å². The predicted molar refractivity (Wildman–Crippen MR) is 106 cm³/mol. The lowest BCUT2D eigenvalue weighted by Gasteiger charge is -2.17. The molecule has 0 aromatic heterocycles. The molecule has 0 saturated heterocycles. The number of hydrogen-bond acceptors (Lipinski definition) is 5. The number of carbonyl (C=O) groups excluding carboxylic acids is 2. The summed E-state index contributed by atoms with van der Waals surface area (Å²) in [6.07, 6.45) is 6.89. The number of benzene rings is 1. The van der Waals surface area contributed by atoms with E-state index in [0.717, 1.165) is 30.6 Å². The van der Waals surface area contributed by atoms with Gasteiger partial charge in [-0.25, -0.2) is 0 Å². The third-order valence-electron chi connectivity index (χ3n) is 3.97. The van der Waals surface area contributed by atoms with Crippen molar-refractivity contribution in [3.8, 4) is 5.75 Å². The molecule has 1 aromatic carbocycles. The van der Waals surface area contributed by atoms with Gasteiger partial charge in [0.05, 0.1) is 25.2 Å². The second-order valence-corrected chi connectivity index (χ2v) is 6.81. The van der Waals surface area contributed by atoms with Crippen LogP contribution in [0.1, 0.15) is 58.9 Å². The Morgan fingerprint density at radius 3 is 2.26 bits per heavy atom. The normalized spacial score (nSPS) is 11.4. The Morgan fingerprint density at radius 1 is 0.963 bits per heavy atom. The standard InChI is InChI=1S/C22H32O5/c1-5-25-20(23)10-8-7-9-17-27-19-13-11-18(12-14-19)15-16-22(3,4)21(24)26-6-2/h11-16H,5-10,17H2,1-4H3/b16-15+. The molecule has 0 aliphatic rings. The van der Waals surface area contributed by atoms with Crippen molar-refractivity contribution >= 4 is 18.0 Å². The highest BCUT2D eigenvalue weighted by molar-refractivity contribution is 5.79. The maximum Gasteiger partial charge on any atom is 0.315 e. The van der Waals surface area contributed by atoms with Crippen molar-refractivity contribution in [3.05, 3.63) is 35.9 Å². The molecule has 1 rings (SSSR count). The van der Waals surface area contributed by atoms with Gasteiger partial charge >= 0.3 is 11.9 Å². The van der Waals surface area contributed by atoms with Crippen LogP contribution in [0.3, 0.4) is 0 Å². The molecule has 0 saturated carbocycles. The largest absolute Gasteiger partial charge is 0.494 e. The minimum atomic E-state index is -0.658. The molecule has 0 amide bonds. The van der Waals surface area contributed by atoms with Crippen LogP contribution in [-0.2, 0) is 19.1 Å². The van der Waals surface area contributed by atoms with E-state index in [4.69, 9.17) is 14.2 Å². The van der Waals surface area contributed by atoms with E-state index in [1.54, 1.807) is 6.92 Å². The van der Waals surface area contributed by atoms with E-state index in [1.807, 2.05) is 57.2 Å². The fraction of sp³-hybridized carbons (Fsp3) is 0.545. The summed E-state index contributed by atoms with van der Waals surface area (Å²) in [5.74, 6) is 0.444. The summed E-state index contributed by atoms with van der Waals surface area (Å²) in [7, 11) is 0. The molecule has 5 heteroatoms. The summed E-state index contributed by atoms with van der Waals surface area (Å²) in [5.41, 5.74) is 0.337. The highest BCUT2D eigenvalue weighted by Gasteiger charge is 2.25. The molecule has 1 aromatic rings. The Morgan fingerprint density at radius 2 is 1.63 bits per heavy atom. The van der Waals surface area contributed by atoms with Gasteiger partial charge in [-0.3, -0.25) is 9.59 Å². The molecular weight excluding hydrogens is 344 g/mol. The molecule has 0 fully saturated rings. The molecule has 0 bridgehead atoms. The molecule has 0 radical (unpaired) electrons. The zero-order chi connectivity index (χ0) is 20.1. The zero-order valence-corrected chi connectivity index (χ0v) is 17.0. The number of unbranched alkanes of at least 4 members (excludes halogenated alkanes) is 2. The minimum absolute atomic E-state index is 0.131. The molecule has 0 N–H and O–H groups in total. The van der Waals surface area contributed by atoms with Crippen LogP contribution < -0.4 is 4.74 Å². The van der Waals surface area contributed by atoms with Crippen molar-refractivity contribution < 1.29 is 23.8 Å². The first kappa shape index (κ1) is 22.7. The van der Waals surface area contributed by atoms with E-state index in [1.165, 1.54) is 0 Å². The van der Waals surface area contributed by atoms with Gasteiger partial charge in [-0.05, 0) is 64.7 Å². The molecule has 0 unspecified atom stereocenters. The zero-order valence-electron chi connectivity index (χ0n) is 17.0. The summed E-state index contributed by atoms with van der Waals surface area (Å²) in [6.45, 7) is 8.72. The SMILES string of the molecule is CCOC(=O)CCCCCOc1ccc(/C=C/C(C)(C)C(=O)OCC)cc1. The van der Waals surface area contributed by atoms with Crippen LogP contribution in [-0.4, -0.2) is 31.8 Å². The van der Waals surface area contributed by atoms with Crippen molar-refractivity contribution in [2.75, 3.05) is 19.8 Å². The van der Waals surface area contributed by atoms with E-state index in [2.05, 4.69) is 0 Å². The molecule has 0 atom stereocenters. The number of carbonyl (C=O) groups is 2. The van der Waals surface area contributed by atoms with Gasteiger partial charge in [0.1, 0.15) is 5.75 Å². The summed E-state index contributed by atoms with van der Waals surface area (Å²) in [5, 5.41) is 0. The predicted octanol–water partition coefficient (Wildman–Crippen LogP) is 4.79. The molecule has 0 aliphatic carbocycles. The second-order valence-electron chi connectivity index (χ2n) is 6.81. The van der Waals surface area contributed by atoms with Gasteiger partial charge in [0, 0.05) is 6.42 Å². The van der Waals surface area contributed by atoms with Gasteiger partial charge in [-0.15, -0.1) is 0 Å². The molecule has 5 nitrogen and oxygen atoms in total. The number of rotatable bonds is 12. The molecule has 0 aliphatic heterocycles. The van der Waals surface area contributed by atoms with E-state index in [0.29, 0.717) is 26.2 Å². The van der Waals surface area contributed by atoms with Gasteiger partial charge in [0.25, 0.3) is 0 Å². The second kappa shape index (κ2) is 12.2. The lowest BCUT2D eigenvalue weighted by Crippen LogP contribution is -2.24. The van der Waals surface area contributed by atoms with Crippen LogP contribution >= 0.6 is 0 Å². The van der Waals surface area contributed by atoms with Crippen molar-refractivity contribution in [2.24, 2.45) is 5.41 Å². The molecule has 0 heterocycles. The van der Waals surface area contributed by atoms with Crippen molar-refractivity contribution in [1.29, 1.82) is 0 Å². The number of esters is 2. The smallest absolute Gasteiger partial charge is 0.315 e. The lowest BCUT2D eigenvalue weighted by atomic mass is 9.92. The molecule has 150 valence electrons. The van der Waals surface area contributed by atoms with Gasteiger partial charge < -0.3 is 14.2 Å². The topological polar surface area (TPSA) is 61.8 Å². The minimum Gasteiger partial charge on any atom is -0.494 e. The maximum absolute atomic E-state index is 11.9. The van der Waals surface area contributed by atoms with Crippen LogP contribution in [0.25, 0.3) is 6.08 Å². The Balaban J connectivity index is 2.34. The first-order valence-corrected chi connectivity index (χ1v) is 9.64. The molecular formula is C22H32O5. The van der Waals surface area contributed by atoms with Crippen molar-refractivity contribution in [3.63, 3.8) is 0 Å². The van der Waals surface area contributed by atoms with Crippen LogP contribution in [0.4, 0.5) is 0 Å². The van der Waals surface area contributed by atoms with Crippen LogP contribution in [0.2, 0.25) is 0 Å². The fourth-order valence-corrected chi connectivity index (χ4v) is 2.34. The third-order valence-corrected chi connectivity index (χ3v) is 3.97. The summed E-state index contributed by atoms with van der Waals surface area (Å²) < 4.78 is 15.7. The molecule has 27 heavy (non-hydrogen) atoms. The summed E-state index contributed by atoms with van der Waals surface area (Å²) >= 11 is 0. The number of ether oxygens (including phenoxy) is 3. The molecule has 0 spiro atoms. The van der Waals surface area contributed by atoms with Gasteiger partial charge in [0.15, 0.2) is 0 Å². The van der Waals surface area contributed by atoms with Gasteiger partial charge in [-0.1, -0.05) is 24.3 Å².